The number of anilines is 1. The highest BCUT2D eigenvalue weighted by Crippen LogP contribution is 2.49. The predicted octanol–water partition coefficient (Wildman–Crippen LogP) is 5.74. The van der Waals surface area contributed by atoms with E-state index in [0.717, 1.165) is 20.0 Å². The summed E-state index contributed by atoms with van der Waals surface area (Å²) in [5.74, 6) is 1.30. The average Bonchev–Trinajstić information content (AvgIpc) is 3.91. The normalized spacial score (nSPS) is 21.3. The van der Waals surface area contributed by atoms with Crippen molar-refractivity contribution in [1.82, 2.24) is 25.2 Å². The molecule has 8 rings (SSSR count). The number of halogens is 5. The summed E-state index contributed by atoms with van der Waals surface area (Å²) in [5.41, 5.74) is -1.91. The maximum Gasteiger partial charge on any atom is 0.417 e. The number of pyridine rings is 1. The molecule has 9 nitrogen and oxygen atoms in total. The van der Waals surface area contributed by atoms with E-state index in [2.05, 4.69) is 21.1 Å². The Labute approximate surface area is 291 Å². The number of benzene rings is 2. The highest BCUT2D eigenvalue weighted by atomic mass is 19.4. The lowest BCUT2D eigenvalue weighted by Gasteiger charge is -2.42. The van der Waals surface area contributed by atoms with Gasteiger partial charge in [0.1, 0.15) is 28.6 Å². The van der Waals surface area contributed by atoms with Crippen LogP contribution < -0.4 is 15.0 Å². The zero-order chi connectivity index (χ0) is 35.7. The lowest BCUT2D eigenvalue weighted by molar-refractivity contribution is -0.282. The van der Waals surface area contributed by atoms with Crippen molar-refractivity contribution in [2.24, 2.45) is 5.41 Å². The summed E-state index contributed by atoms with van der Waals surface area (Å²) in [5, 5.41) is 15.2. The van der Waals surface area contributed by atoms with Gasteiger partial charge in [-0.05, 0) is 62.1 Å². The molecule has 0 amide bonds. The summed E-state index contributed by atoms with van der Waals surface area (Å²) in [7, 11) is 1.12. The van der Waals surface area contributed by atoms with Gasteiger partial charge < -0.3 is 29.7 Å². The molecule has 0 spiro atoms. The van der Waals surface area contributed by atoms with Crippen LogP contribution in [-0.4, -0.2) is 95.8 Å². The highest BCUT2D eigenvalue weighted by Gasteiger charge is 2.57. The third kappa shape index (κ3) is 5.79. The SMILES string of the molecule is C#Cc1c(F)ccc2cc(O)cc(-c3nc4c5c(nc(OCC6(CN7CCC(OC)(C(F)(F)F)CC7)CC6)nc5c3F)N3CCNC[C@H]3CC4)c12. The van der Waals surface area contributed by atoms with Crippen LogP contribution in [0.4, 0.5) is 27.8 Å². The molecular formula is C37H37F5N6O3. The van der Waals surface area contributed by atoms with Crippen molar-refractivity contribution >= 4 is 27.5 Å². The lowest BCUT2D eigenvalue weighted by atomic mass is 9.89. The van der Waals surface area contributed by atoms with Gasteiger partial charge in [0.25, 0.3) is 0 Å². The first-order valence-corrected chi connectivity index (χ1v) is 17.2. The van der Waals surface area contributed by atoms with E-state index < -0.39 is 23.4 Å². The molecule has 14 heteroatoms. The summed E-state index contributed by atoms with van der Waals surface area (Å²) in [6.07, 6.45) is 3.84. The van der Waals surface area contributed by atoms with Gasteiger partial charge in [-0.15, -0.1) is 6.42 Å². The molecule has 2 N–H and O–H groups in total. The molecule has 2 aromatic heterocycles. The van der Waals surface area contributed by atoms with Gasteiger partial charge in [0, 0.05) is 68.8 Å². The summed E-state index contributed by atoms with van der Waals surface area (Å²) in [4.78, 5) is 18.4. The van der Waals surface area contributed by atoms with Crippen LogP contribution in [0.1, 0.15) is 43.4 Å². The Morgan fingerprint density at radius 1 is 1.06 bits per heavy atom. The van der Waals surface area contributed by atoms with Crippen LogP contribution in [0.3, 0.4) is 0 Å². The minimum Gasteiger partial charge on any atom is -0.508 e. The van der Waals surface area contributed by atoms with E-state index >= 15 is 4.39 Å². The van der Waals surface area contributed by atoms with Gasteiger partial charge in [-0.1, -0.05) is 12.0 Å². The molecule has 0 unspecified atom stereocenters. The number of likely N-dealkylation sites (tertiary alicyclic amines) is 1. The Morgan fingerprint density at radius 3 is 2.55 bits per heavy atom. The number of hydrogen-bond acceptors (Lipinski definition) is 9. The van der Waals surface area contributed by atoms with Gasteiger partial charge in [0.2, 0.25) is 0 Å². The second-order valence-electron chi connectivity index (χ2n) is 14.3. The Bertz CT molecular complexity index is 2070. The van der Waals surface area contributed by atoms with Crippen LogP contribution in [0.2, 0.25) is 0 Å². The Morgan fingerprint density at radius 2 is 1.84 bits per heavy atom. The molecule has 4 aliphatic rings. The van der Waals surface area contributed by atoms with Crippen LogP contribution >= 0.6 is 0 Å². The summed E-state index contributed by atoms with van der Waals surface area (Å²) < 4.78 is 84.5. The molecule has 3 aliphatic heterocycles. The second kappa shape index (κ2) is 12.4. The van der Waals surface area contributed by atoms with Crippen LogP contribution in [0.15, 0.2) is 24.3 Å². The number of rotatable bonds is 7. The van der Waals surface area contributed by atoms with Crippen molar-refractivity contribution in [3.63, 3.8) is 0 Å². The molecule has 51 heavy (non-hydrogen) atoms. The zero-order valence-electron chi connectivity index (χ0n) is 28.0. The number of phenols is 1. The molecule has 1 aliphatic carbocycles. The van der Waals surface area contributed by atoms with Gasteiger partial charge in [-0.25, -0.2) is 13.8 Å². The van der Waals surface area contributed by atoms with Crippen LogP contribution in [0.25, 0.3) is 32.9 Å². The third-order valence-electron chi connectivity index (χ3n) is 11.2. The second-order valence-corrected chi connectivity index (χ2v) is 14.3. The molecule has 5 heterocycles. The summed E-state index contributed by atoms with van der Waals surface area (Å²) >= 11 is 0. The van der Waals surface area contributed by atoms with Gasteiger partial charge in [-0.2, -0.15) is 23.1 Å². The van der Waals surface area contributed by atoms with E-state index in [1.165, 1.54) is 24.3 Å². The van der Waals surface area contributed by atoms with Gasteiger partial charge >= 0.3 is 12.2 Å². The third-order valence-corrected chi connectivity index (χ3v) is 11.2. The van der Waals surface area contributed by atoms with Crippen LogP contribution in [-0.2, 0) is 11.2 Å². The van der Waals surface area contributed by atoms with Gasteiger partial charge in [0.15, 0.2) is 11.4 Å². The molecule has 268 valence electrons. The minimum absolute atomic E-state index is 0.00623. The van der Waals surface area contributed by atoms with Crippen LogP contribution in [0.5, 0.6) is 11.8 Å². The van der Waals surface area contributed by atoms with Crippen molar-refractivity contribution in [2.75, 3.05) is 57.9 Å². The quantitative estimate of drug-likeness (QED) is 0.184. The fourth-order valence-corrected chi connectivity index (χ4v) is 8.08. The number of hydrogen-bond donors (Lipinski definition) is 2. The number of nitrogens with zero attached hydrogens (tertiary/aromatic N) is 5. The number of fused-ring (bicyclic) bond motifs is 3. The fourth-order valence-electron chi connectivity index (χ4n) is 8.08. The largest absolute Gasteiger partial charge is 0.508 e. The number of aromatic hydroxyl groups is 1. The number of terminal acetylenes is 1. The smallest absolute Gasteiger partial charge is 0.417 e. The van der Waals surface area contributed by atoms with E-state index in [9.17, 15) is 22.7 Å². The molecule has 0 bridgehead atoms. The lowest BCUT2D eigenvalue weighted by Crippen LogP contribution is -2.55. The van der Waals surface area contributed by atoms with Crippen molar-refractivity contribution < 1.29 is 36.5 Å². The number of ether oxygens (including phenoxy) is 2. The van der Waals surface area contributed by atoms with E-state index in [-0.39, 0.29) is 83.5 Å². The molecule has 4 aromatic rings. The summed E-state index contributed by atoms with van der Waals surface area (Å²) in [6.45, 7) is 3.28. The van der Waals surface area contributed by atoms with Gasteiger partial charge in [-0.3, -0.25) is 0 Å². The Kier molecular flexibility index (Phi) is 8.23. The topological polar surface area (TPSA) is 95.9 Å². The standard InChI is InChI=1S/C37H37F5N6O3/c1-3-24-26(38)6-4-21-16-23(49)17-25(28(21)24)31-30(39)32-29-27(44-31)7-5-22-18-43-12-15-48(22)33(29)46-34(45-32)51-20-35(8-9-35)19-47-13-10-36(50-2,11-14-47)37(40,41)42/h1,4,6,16-17,22,43,49H,5,7-15,18-20H2,2H3/t22-/m1/s1. The zero-order valence-corrected chi connectivity index (χ0v) is 28.0. The number of aryl methyl sites for hydroxylation is 1. The first-order valence-electron chi connectivity index (χ1n) is 17.2. The minimum atomic E-state index is -4.44. The number of methoxy groups -OCH3 is 1. The Hall–Kier alpha value is -4.32. The van der Waals surface area contributed by atoms with Crippen molar-refractivity contribution in [1.29, 1.82) is 0 Å². The number of nitrogens with one attached hydrogen (secondary N) is 1. The van der Waals surface area contributed by atoms with E-state index in [1.807, 2.05) is 4.90 Å². The fraction of sp³-hybridized carbons (Fsp3) is 0.486. The number of phenolic OH excluding ortho intramolecular Hbond substituents is 1. The molecule has 2 saturated heterocycles. The van der Waals surface area contributed by atoms with Gasteiger partial charge in [0.05, 0.1) is 23.3 Å². The first-order chi connectivity index (χ1) is 24.4. The average molecular weight is 709 g/mol. The van der Waals surface area contributed by atoms with E-state index in [4.69, 9.17) is 25.9 Å². The molecule has 1 saturated carbocycles. The van der Waals surface area contributed by atoms with Crippen molar-refractivity contribution in [2.45, 2.75) is 56.3 Å². The molecule has 3 fully saturated rings. The molecule has 1 atom stereocenters. The van der Waals surface area contributed by atoms with E-state index in [0.29, 0.717) is 61.3 Å². The molecule has 0 radical (unpaired) electrons. The molecule has 2 aromatic carbocycles. The number of alkyl halides is 3. The number of piperazine rings is 1. The van der Waals surface area contributed by atoms with E-state index in [1.54, 1.807) is 0 Å². The Balaban J connectivity index is 1.17. The van der Waals surface area contributed by atoms with Crippen LogP contribution in [0, 0.1) is 29.4 Å². The highest BCUT2D eigenvalue weighted by molar-refractivity contribution is 6.03. The monoisotopic (exact) mass is 708 g/mol. The summed E-state index contributed by atoms with van der Waals surface area (Å²) in [6, 6.07) is 5.49. The maximum atomic E-state index is 17.0. The molecular weight excluding hydrogens is 671 g/mol. The van der Waals surface area contributed by atoms with Crippen molar-refractivity contribution in [3.05, 3.63) is 47.2 Å². The maximum absolute atomic E-state index is 17.0. The van der Waals surface area contributed by atoms with Crippen molar-refractivity contribution in [3.8, 4) is 35.4 Å². The number of aromatic nitrogens is 3. The first kappa shape index (κ1) is 33.8. The predicted molar refractivity (Wildman–Crippen MR) is 181 cm³/mol. The number of piperidine rings is 1.